The highest BCUT2D eigenvalue weighted by molar-refractivity contribution is 7.21. The first kappa shape index (κ1) is 9.98. The highest BCUT2D eigenvalue weighted by atomic mass is 32.1. The first-order chi connectivity index (χ1) is 7.13. The number of hydrogen-bond donors (Lipinski definition) is 1. The van der Waals surface area contributed by atoms with E-state index in [1.165, 1.54) is 11.3 Å². The van der Waals surface area contributed by atoms with Crippen LogP contribution in [0.5, 0.6) is 5.75 Å². The Kier molecular flexibility index (Phi) is 2.36. The molecule has 1 aromatic heterocycles. The Morgan fingerprint density at radius 1 is 1.47 bits per heavy atom. The van der Waals surface area contributed by atoms with Crippen LogP contribution in [0.3, 0.4) is 0 Å². The van der Waals surface area contributed by atoms with E-state index in [-0.39, 0.29) is 5.91 Å². The second-order valence-corrected chi connectivity index (χ2v) is 4.33. The van der Waals surface area contributed by atoms with Gasteiger partial charge in [0.05, 0.1) is 12.0 Å². The Hall–Kier alpha value is -1.55. The summed E-state index contributed by atoms with van der Waals surface area (Å²) in [6, 6.07) is 5.75. The molecule has 0 aliphatic heterocycles. The maximum atomic E-state index is 11.1. The molecular formula is C11H11NO2S. The molecule has 15 heavy (non-hydrogen) atoms. The van der Waals surface area contributed by atoms with Gasteiger partial charge in [-0.2, -0.15) is 0 Å². The van der Waals surface area contributed by atoms with Crippen molar-refractivity contribution in [1.82, 2.24) is 0 Å². The molecule has 0 saturated heterocycles. The smallest absolute Gasteiger partial charge is 0.259 e. The molecule has 0 radical (unpaired) electrons. The van der Waals surface area contributed by atoms with Gasteiger partial charge in [-0.05, 0) is 36.1 Å². The Morgan fingerprint density at radius 2 is 2.20 bits per heavy atom. The summed E-state index contributed by atoms with van der Waals surface area (Å²) in [5, 5.41) is 1.06. The zero-order valence-electron chi connectivity index (χ0n) is 8.53. The summed E-state index contributed by atoms with van der Waals surface area (Å²) in [6.45, 7) is 1.91. The fourth-order valence-electron chi connectivity index (χ4n) is 1.57. The first-order valence-corrected chi connectivity index (χ1v) is 5.32. The molecule has 4 heteroatoms. The fourth-order valence-corrected chi connectivity index (χ4v) is 2.66. The van der Waals surface area contributed by atoms with Gasteiger partial charge in [-0.3, -0.25) is 4.79 Å². The Morgan fingerprint density at radius 3 is 2.80 bits per heavy atom. The summed E-state index contributed by atoms with van der Waals surface area (Å²) in [5.74, 6) is 0.424. The van der Waals surface area contributed by atoms with E-state index < -0.39 is 0 Å². The minimum atomic E-state index is -0.368. The van der Waals surface area contributed by atoms with Crippen molar-refractivity contribution in [1.29, 1.82) is 0 Å². The van der Waals surface area contributed by atoms with Gasteiger partial charge < -0.3 is 10.5 Å². The van der Waals surface area contributed by atoms with Crippen molar-refractivity contribution in [2.45, 2.75) is 6.92 Å². The van der Waals surface area contributed by atoms with Crippen molar-refractivity contribution in [3.63, 3.8) is 0 Å². The molecule has 1 amide bonds. The van der Waals surface area contributed by atoms with Gasteiger partial charge in [0.2, 0.25) is 0 Å². The number of rotatable bonds is 2. The van der Waals surface area contributed by atoms with Gasteiger partial charge in [-0.25, -0.2) is 0 Å². The van der Waals surface area contributed by atoms with Crippen LogP contribution in [0.1, 0.15) is 15.2 Å². The number of benzene rings is 1. The van der Waals surface area contributed by atoms with Gasteiger partial charge in [0.1, 0.15) is 5.75 Å². The third-order valence-electron chi connectivity index (χ3n) is 2.37. The molecule has 2 N–H and O–H groups in total. The van der Waals surface area contributed by atoms with Gasteiger partial charge >= 0.3 is 0 Å². The van der Waals surface area contributed by atoms with Crippen LogP contribution in [0.25, 0.3) is 10.1 Å². The van der Waals surface area contributed by atoms with Gasteiger partial charge in [-0.15, -0.1) is 11.3 Å². The third-order valence-corrected chi connectivity index (χ3v) is 3.64. The molecule has 1 heterocycles. The molecule has 2 rings (SSSR count). The minimum Gasteiger partial charge on any atom is -0.497 e. The Labute approximate surface area is 91.5 Å². The van der Waals surface area contributed by atoms with Crippen molar-refractivity contribution < 1.29 is 9.53 Å². The summed E-state index contributed by atoms with van der Waals surface area (Å²) in [7, 11) is 1.62. The maximum Gasteiger partial charge on any atom is 0.259 e. The molecule has 78 valence electrons. The SMILES string of the molecule is COc1ccc2c(C)c(C(N)=O)sc2c1. The summed E-state index contributed by atoms with van der Waals surface area (Å²) in [5.41, 5.74) is 6.24. The fraction of sp³-hybridized carbons (Fsp3) is 0.182. The van der Waals surface area contributed by atoms with E-state index in [9.17, 15) is 4.79 Å². The predicted octanol–water partition coefficient (Wildman–Crippen LogP) is 2.32. The summed E-state index contributed by atoms with van der Waals surface area (Å²) >= 11 is 1.41. The average Bonchev–Trinajstić information content (AvgIpc) is 2.55. The topological polar surface area (TPSA) is 52.3 Å². The summed E-state index contributed by atoms with van der Waals surface area (Å²) in [6.07, 6.45) is 0. The molecule has 0 aliphatic carbocycles. The molecule has 0 bridgehead atoms. The molecule has 3 nitrogen and oxygen atoms in total. The number of aryl methyl sites for hydroxylation is 1. The Balaban J connectivity index is 2.70. The number of methoxy groups -OCH3 is 1. The molecule has 2 aromatic rings. The molecule has 1 aromatic carbocycles. The lowest BCUT2D eigenvalue weighted by atomic mass is 10.1. The van der Waals surface area contributed by atoms with E-state index in [1.54, 1.807) is 7.11 Å². The number of carbonyl (C=O) groups excluding carboxylic acids is 1. The van der Waals surface area contributed by atoms with Crippen LogP contribution < -0.4 is 10.5 Å². The van der Waals surface area contributed by atoms with E-state index in [2.05, 4.69) is 0 Å². The highest BCUT2D eigenvalue weighted by Crippen LogP contribution is 2.32. The van der Waals surface area contributed by atoms with E-state index in [0.29, 0.717) is 4.88 Å². The van der Waals surface area contributed by atoms with Crippen molar-refractivity contribution in [3.05, 3.63) is 28.6 Å². The maximum absolute atomic E-state index is 11.1. The molecular weight excluding hydrogens is 210 g/mol. The molecule has 0 saturated carbocycles. The van der Waals surface area contributed by atoms with Crippen LogP contribution in [0.4, 0.5) is 0 Å². The number of fused-ring (bicyclic) bond motifs is 1. The zero-order valence-corrected chi connectivity index (χ0v) is 9.35. The largest absolute Gasteiger partial charge is 0.497 e. The van der Waals surface area contributed by atoms with Crippen LogP contribution in [-0.4, -0.2) is 13.0 Å². The van der Waals surface area contributed by atoms with Crippen molar-refractivity contribution in [2.24, 2.45) is 5.73 Å². The van der Waals surface area contributed by atoms with Crippen molar-refractivity contribution >= 4 is 27.3 Å². The molecule has 0 unspecified atom stereocenters. The summed E-state index contributed by atoms with van der Waals surface area (Å²) < 4.78 is 6.15. The van der Waals surface area contributed by atoms with E-state index in [4.69, 9.17) is 10.5 Å². The number of primary amides is 1. The van der Waals surface area contributed by atoms with E-state index >= 15 is 0 Å². The van der Waals surface area contributed by atoms with Crippen LogP contribution in [0, 0.1) is 6.92 Å². The Bertz CT molecular complexity index is 531. The second-order valence-electron chi connectivity index (χ2n) is 3.28. The van der Waals surface area contributed by atoms with Crippen molar-refractivity contribution in [2.75, 3.05) is 7.11 Å². The van der Waals surface area contributed by atoms with Gasteiger partial charge in [0.25, 0.3) is 5.91 Å². The number of thiophene rings is 1. The lowest BCUT2D eigenvalue weighted by Gasteiger charge is -1.98. The van der Waals surface area contributed by atoms with Crippen LogP contribution in [0.15, 0.2) is 18.2 Å². The minimum absolute atomic E-state index is 0.368. The molecule has 0 fully saturated rings. The van der Waals surface area contributed by atoms with Crippen LogP contribution >= 0.6 is 11.3 Å². The van der Waals surface area contributed by atoms with Crippen LogP contribution in [-0.2, 0) is 0 Å². The van der Waals surface area contributed by atoms with Gasteiger partial charge in [0.15, 0.2) is 0 Å². The predicted molar refractivity (Wildman–Crippen MR) is 61.6 cm³/mol. The second kappa shape index (κ2) is 3.55. The first-order valence-electron chi connectivity index (χ1n) is 4.50. The third kappa shape index (κ3) is 1.57. The van der Waals surface area contributed by atoms with Crippen LogP contribution in [0.2, 0.25) is 0 Å². The monoisotopic (exact) mass is 221 g/mol. The zero-order chi connectivity index (χ0) is 11.0. The number of nitrogens with two attached hydrogens (primary N) is 1. The molecule has 0 atom stereocenters. The molecule has 0 spiro atoms. The van der Waals surface area contributed by atoms with Crippen molar-refractivity contribution in [3.8, 4) is 5.75 Å². The average molecular weight is 221 g/mol. The highest BCUT2D eigenvalue weighted by Gasteiger charge is 2.12. The normalized spacial score (nSPS) is 10.5. The lowest BCUT2D eigenvalue weighted by molar-refractivity contribution is 0.100. The summed E-state index contributed by atoms with van der Waals surface area (Å²) in [4.78, 5) is 11.8. The van der Waals surface area contributed by atoms with E-state index in [1.807, 2.05) is 25.1 Å². The molecule has 0 aliphatic rings. The number of amides is 1. The quantitative estimate of drug-likeness (QED) is 0.846. The number of carbonyl (C=O) groups is 1. The van der Waals surface area contributed by atoms with Gasteiger partial charge in [0, 0.05) is 4.70 Å². The van der Waals surface area contributed by atoms with Gasteiger partial charge in [-0.1, -0.05) is 0 Å². The lowest BCUT2D eigenvalue weighted by Crippen LogP contribution is -2.09. The standard InChI is InChI=1S/C11H11NO2S/c1-6-8-4-3-7(14-2)5-9(8)15-10(6)11(12)13/h3-5H,1-2H3,(H2,12,13). The number of hydrogen-bond acceptors (Lipinski definition) is 3. The number of ether oxygens (including phenoxy) is 1. The van der Waals surface area contributed by atoms with E-state index in [0.717, 1.165) is 21.4 Å².